The summed E-state index contributed by atoms with van der Waals surface area (Å²) in [4.78, 5) is 13.0. The van der Waals surface area contributed by atoms with Crippen LogP contribution in [0.25, 0.3) is 10.9 Å². The molecule has 2 heterocycles. The number of rotatable bonds is 3. The van der Waals surface area contributed by atoms with Crippen LogP contribution in [-0.4, -0.2) is 28.1 Å². The second kappa shape index (κ2) is 5.79. The SMILES string of the molecule is CCO/N=C1/C(c2c(O)[nH]c3ccc(Br)cc23)=Nc2ccccc21. The topological polar surface area (TPSA) is 70.0 Å². The number of nitrogens with zero attached hydrogens (tertiary/aromatic N) is 2. The number of aliphatic imine (C=N–C) groups is 1. The standard InChI is InChI=1S/C18H14BrN3O2/c1-2-24-22-16-11-5-3-4-6-13(11)20-17(16)15-12-9-10(19)7-8-14(12)21-18(15)23/h3-9,21,23H,2H2,1H3/b22-16+. The fourth-order valence-electron chi connectivity index (χ4n) is 2.86. The highest BCUT2D eigenvalue weighted by Crippen LogP contribution is 2.36. The van der Waals surface area contributed by atoms with E-state index in [1.165, 1.54) is 0 Å². The fraction of sp³-hybridized carbons (Fsp3) is 0.111. The van der Waals surface area contributed by atoms with E-state index in [2.05, 4.69) is 31.1 Å². The molecule has 0 spiro atoms. The Kier molecular flexibility index (Phi) is 3.61. The van der Waals surface area contributed by atoms with Crippen LogP contribution in [0.3, 0.4) is 0 Å². The molecule has 3 aromatic rings. The van der Waals surface area contributed by atoms with Gasteiger partial charge in [-0.15, -0.1) is 0 Å². The average molecular weight is 384 g/mol. The molecule has 2 aromatic carbocycles. The average Bonchev–Trinajstić information content (AvgIpc) is 3.09. The highest BCUT2D eigenvalue weighted by atomic mass is 79.9. The maximum atomic E-state index is 10.5. The van der Waals surface area contributed by atoms with Gasteiger partial charge in [-0.3, -0.25) is 0 Å². The molecule has 6 heteroatoms. The number of hydrogen-bond acceptors (Lipinski definition) is 4. The Morgan fingerprint density at radius 3 is 2.92 bits per heavy atom. The lowest BCUT2D eigenvalue weighted by Crippen LogP contribution is -2.13. The summed E-state index contributed by atoms with van der Waals surface area (Å²) in [6.45, 7) is 2.34. The van der Waals surface area contributed by atoms with Crippen LogP contribution in [0.2, 0.25) is 0 Å². The first-order valence-corrected chi connectivity index (χ1v) is 8.37. The maximum absolute atomic E-state index is 10.5. The minimum Gasteiger partial charge on any atom is -0.494 e. The molecule has 0 aliphatic carbocycles. The monoisotopic (exact) mass is 383 g/mol. The maximum Gasteiger partial charge on any atom is 0.199 e. The summed E-state index contributed by atoms with van der Waals surface area (Å²) in [5, 5.41) is 15.6. The van der Waals surface area contributed by atoms with Gasteiger partial charge in [-0.2, -0.15) is 0 Å². The Morgan fingerprint density at radius 2 is 2.08 bits per heavy atom. The van der Waals surface area contributed by atoms with Gasteiger partial charge in [0.05, 0.1) is 11.3 Å². The summed E-state index contributed by atoms with van der Waals surface area (Å²) in [5.41, 5.74) is 4.40. The number of aromatic amines is 1. The van der Waals surface area contributed by atoms with E-state index < -0.39 is 0 Å². The molecule has 0 amide bonds. The minimum atomic E-state index is 0.0684. The van der Waals surface area contributed by atoms with Crippen molar-refractivity contribution < 1.29 is 9.94 Å². The van der Waals surface area contributed by atoms with Crippen LogP contribution in [0, 0.1) is 0 Å². The Labute approximate surface area is 146 Å². The van der Waals surface area contributed by atoms with Crippen molar-refractivity contribution in [1.29, 1.82) is 0 Å². The second-order valence-electron chi connectivity index (χ2n) is 5.37. The van der Waals surface area contributed by atoms with Gasteiger partial charge in [-0.05, 0) is 31.2 Å². The molecule has 0 radical (unpaired) electrons. The molecule has 1 aliphatic rings. The summed E-state index contributed by atoms with van der Waals surface area (Å²) in [5.74, 6) is 0.0684. The van der Waals surface area contributed by atoms with Crippen molar-refractivity contribution in [3.8, 4) is 5.88 Å². The number of aromatic nitrogens is 1. The third-order valence-corrected chi connectivity index (χ3v) is 4.37. The van der Waals surface area contributed by atoms with Crippen molar-refractivity contribution in [3.63, 3.8) is 0 Å². The summed E-state index contributed by atoms with van der Waals surface area (Å²) >= 11 is 3.48. The third kappa shape index (κ3) is 2.30. The van der Waals surface area contributed by atoms with E-state index in [4.69, 9.17) is 4.84 Å². The van der Waals surface area contributed by atoms with Gasteiger partial charge in [-0.25, -0.2) is 4.99 Å². The predicted octanol–water partition coefficient (Wildman–Crippen LogP) is 4.51. The highest BCUT2D eigenvalue weighted by molar-refractivity contribution is 9.10. The van der Waals surface area contributed by atoms with Crippen molar-refractivity contribution in [3.05, 3.63) is 58.1 Å². The van der Waals surface area contributed by atoms with Crippen LogP contribution >= 0.6 is 15.9 Å². The van der Waals surface area contributed by atoms with Crippen LogP contribution in [0.15, 0.2) is 57.1 Å². The number of aromatic hydroxyl groups is 1. The van der Waals surface area contributed by atoms with E-state index in [0.717, 1.165) is 26.6 Å². The second-order valence-corrected chi connectivity index (χ2v) is 6.29. The first-order valence-electron chi connectivity index (χ1n) is 7.58. The van der Waals surface area contributed by atoms with Crippen molar-refractivity contribution in [2.24, 2.45) is 10.1 Å². The van der Waals surface area contributed by atoms with Crippen LogP contribution in [0.4, 0.5) is 5.69 Å². The van der Waals surface area contributed by atoms with Gasteiger partial charge in [-0.1, -0.05) is 39.3 Å². The Morgan fingerprint density at radius 1 is 1.25 bits per heavy atom. The van der Waals surface area contributed by atoms with E-state index in [0.29, 0.717) is 23.6 Å². The number of nitrogens with one attached hydrogen (secondary N) is 1. The molecule has 0 saturated carbocycles. The number of oxime groups is 1. The summed E-state index contributed by atoms with van der Waals surface area (Å²) in [7, 11) is 0. The molecule has 1 aromatic heterocycles. The molecular weight excluding hydrogens is 370 g/mol. The molecule has 0 saturated heterocycles. The largest absolute Gasteiger partial charge is 0.494 e. The van der Waals surface area contributed by atoms with Crippen molar-refractivity contribution >= 4 is 43.9 Å². The lowest BCUT2D eigenvalue weighted by Gasteiger charge is -2.04. The van der Waals surface area contributed by atoms with E-state index in [1.54, 1.807) is 0 Å². The van der Waals surface area contributed by atoms with Crippen LogP contribution in [0.1, 0.15) is 18.1 Å². The number of halogens is 1. The molecule has 5 nitrogen and oxygen atoms in total. The molecule has 0 fully saturated rings. The number of H-pyrrole nitrogens is 1. The smallest absolute Gasteiger partial charge is 0.199 e. The highest BCUT2D eigenvalue weighted by Gasteiger charge is 2.29. The van der Waals surface area contributed by atoms with E-state index >= 15 is 0 Å². The zero-order chi connectivity index (χ0) is 16.7. The predicted molar refractivity (Wildman–Crippen MR) is 98.5 cm³/mol. The quantitative estimate of drug-likeness (QED) is 0.653. The Balaban J connectivity index is 1.96. The number of benzene rings is 2. The summed E-state index contributed by atoms with van der Waals surface area (Å²) in [6.07, 6.45) is 0. The van der Waals surface area contributed by atoms with Crippen LogP contribution in [-0.2, 0) is 4.84 Å². The summed E-state index contributed by atoms with van der Waals surface area (Å²) < 4.78 is 0.926. The fourth-order valence-corrected chi connectivity index (χ4v) is 3.22. The zero-order valence-corrected chi connectivity index (χ0v) is 14.5. The van der Waals surface area contributed by atoms with Crippen molar-refractivity contribution in [2.45, 2.75) is 6.92 Å². The van der Waals surface area contributed by atoms with Crippen LogP contribution < -0.4 is 0 Å². The minimum absolute atomic E-state index is 0.0684. The molecule has 4 rings (SSSR count). The van der Waals surface area contributed by atoms with Gasteiger partial charge in [0, 0.05) is 20.9 Å². The van der Waals surface area contributed by atoms with Gasteiger partial charge in [0.25, 0.3) is 0 Å². The molecule has 0 unspecified atom stereocenters. The molecule has 0 bridgehead atoms. The van der Waals surface area contributed by atoms with Gasteiger partial charge in [0.2, 0.25) is 0 Å². The number of hydrogen-bond donors (Lipinski definition) is 2. The van der Waals surface area contributed by atoms with E-state index in [1.807, 2.05) is 49.4 Å². The first-order chi connectivity index (χ1) is 11.7. The number of para-hydroxylation sites is 1. The van der Waals surface area contributed by atoms with Crippen LogP contribution in [0.5, 0.6) is 5.88 Å². The lowest BCUT2D eigenvalue weighted by molar-refractivity contribution is 0.159. The Bertz CT molecular complexity index is 1000. The number of fused-ring (bicyclic) bond motifs is 2. The van der Waals surface area contributed by atoms with Gasteiger partial charge in [0.1, 0.15) is 18.0 Å². The molecule has 2 N–H and O–H groups in total. The van der Waals surface area contributed by atoms with Gasteiger partial charge in [0.15, 0.2) is 5.88 Å². The molecule has 24 heavy (non-hydrogen) atoms. The first kappa shape index (κ1) is 15.0. The molecule has 1 aliphatic heterocycles. The van der Waals surface area contributed by atoms with Crippen molar-refractivity contribution in [1.82, 2.24) is 4.98 Å². The third-order valence-electron chi connectivity index (χ3n) is 3.88. The van der Waals surface area contributed by atoms with E-state index in [9.17, 15) is 5.11 Å². The zero-order valence-electron chi connectivity index (χ0n) is 12.9. The lowest BCUT2D eigenvalue weighted by atomic mass is 10.0. The van der Waals surface area contributed by atoms with Crippen molar-refractivity contribution in [2.75, 3.05) is 6.61 Å². The normalized spacial score (nSPS) is 14.9. The Hall–Kier alpha value is -2.60. The van der Waals surface area contributed by atoms with Gasteiger partial charge < -0.3 is 14.9 Å². The van der Waals surface area contributed by atoms with E-state index in [-0.39, 0.29) is 5.88 Å². The molecule has 0 atom stereocenters. The molecule has 120 valence electrons. The van der Waals surface area contributed by atoms with Gasteiger partial charge >= 0.3 is 0 Å². The summed E-state index contributed by atoms with van der Waals surface area (Å²) in [6, 6.07) is 13.5. The molecular formula is C18H14BrN3O2.